The number of carboxylic acid groups (broad SMARTS) is 4. The maximum Gasteiger partial charge on any atom is 0.503 e. The first-order valence-electron chi connectivity index (χ1n) is 2.26. The quantitative estimate of drug-likeness (QED) is 0.439. The first kappa shape index (κ1) is 22.4. The molecule has 0 aliphatic rings. The van der Waals surface area contributed by atoms with Gasteiger partial charge in [-0.05, 0) is 0 Å². The largest absolute Gasteiger partial charge is 0.503 e. The number of hydrogen-bond donors (Lipinski definition) is 4. The van der Waals surface area contributed by atoms with Crippen LogP contribution in [-0.2, 0) is 0 Å². The summed E-state index contributed by atoms with van der Waals surface area (Å²) in [5.74, 6) is 0. The maximum absolute atomic E-state index is 10.1. The van der Waals surface area contributed by atoms with Crippen LogP contribution in [0.4, 0.5) is 14.0 Å². The van der Waals surface area contributed by atoms with E-state index in [0.29, 0.717) is 0 Å². The second kappa shape index (κ2) is 33.0. The second-order valence-electron chi connectivity index (χ2n) is 0.719. The highest BCUT2D eigenvalue weighted by molar-refractivity contribution is 5.53. The number of terminal acetylenes is 1. The van der Waals surface area contributed by atoms with Gasteiger partial charge in [0, 0.05) is 0 Å². The van der Waals surface area contributed by atoms with Crippen LogP contribution in [0.1, 0.15) is 0 Å². The minimum atomic E-state index is -1.83. The van der Waals surface area contributed by atoms with E-state index in [1.54, 1.807) is 0 Å². The molecular weight excluding hydrogens is 187 g/mol. The minimum absolute atomic E-state index is 0.250. The zero-order valence-electron chi connectivity index (χ0n) is 6.42. The van der Waals surface area contributed by atoms with E-state index in [-0.39, 0.29) is 6.33 Å². The minimum Gasteiger partial charge on any atom is -0.450 e. The van der Waals surface area contributed by atoms with Gasteiger partial charge in [0.25, 0.3) is 0 Å². The molecule has 0 bridgehead atoms. The normalized spacial score (nSPS) is 4.85. The molecule has 0 unspecified atom stereocenters. The number of hydrogen-bond acceptors (Lipinski definition) is 2. The van der Waals surface area contributed by atoms with E-state index < -0.39 is 12.3 Å². The molecule has 0 atom stereocenters. The van der Waals surface area contributed by atoms with E-state index in [2.05, 4.69) is 19.4 Å². The average Bonchev–Trinajstić information content (AvgIpc) is 1.89. The standard InChI is InChI=1S/C2H3F.C2H2.2CH2O3/c1-2-3;1-2;2*2-1(3)4/h2H,1H2;1-2H;2*(H2,2,3,4). The SMILES string of the molecule is C#C.C=CF.O=C(O)O.O=C(O)O. The van der Waals surface area contributed by atoms with E-state index in [1.165, 1.54) is 0 Å². The van der Waals surface area contributed by atoms with E-state index in [4.69, 9.17) is 30.0 Å². The maximum atomic E-state index is 10.1. The summed E-state index contributed by atoms with van der Waals surface area (Å²) in [6.07, 6.45) is 4.58. The fourth-order valence-corrected chi connectivity index (χ4v) is 0. The van der Waals surface area contributed by atoms with Crippen molar-refractivity contribution in [1.82, 2.24) is 0 Å². The number of rotatable bonds is 0. The van der Waals surface area contributed by atoms with Gasteiger partial charge in [0.05, 0.1) is 6.33 Å². The molecule has 4 N–H and O–H groups in total. The van der Waals surface area contributed by atoms with Crippen molar-refractivity contribution in [1.29, 1.82) is 0 Å². The molecule has 0 saturated carbocycles. The summed E-state index contributed by atoms with van der Waals surface area (Å²) in [4.78, 5) is 17.1. The highest BCUT2D eigenvalue weighted by atomic mass is 19.1. The van der Waals surface area contributed by atoms with Crippen LogP contribution in [0.5, 0.6) is 0 Å². The molecule has 0 aromatic rings. The fourth-order valence-electron chi connectivity index (χ4n) is 0. The molecule has 0 aliphatic heterocycles. The van der Waals surface area contributed by atoms with Gasteiger partial charge in [-0.2, -0.15) is 0 Å². The molecule has 0 radical (unpaired) electrons. The van der Waals surface area contributed by atoms with E-state index in [1.807, 2.05) is 0 Å². The van der Waals surface area contributed by atoms with Gasteiger partial charge in [0.1, 0.15) is 0 Å². The summed E-state index contributed by atoms with van der Waals surface area (Å²) < 4.78 is 10.1. The summed E-state index contributed by atoms with van der Waals surface area (Å²) >= 11 is 0. The smallest absolute Gasteiger partial charge is 0.450 e. The Morgan fingerprint density at radius 3 is 1.08 bits per heavy atom. The average molecular weight is 196 g/mol. The van der Waals surface area contributed by atoms with Crippen molar-refractivity contribution in [2.24, 2.45) is 0 Å². The second-order valence-corrected chi connectivity index (χ2v) is 0.719. The molecule has 0 saturated heterocycles. The van der Waals surface area contributed by atoms with Crippen LogP contribution >= 0.6 is 0 Å². The predicted octanol–water partition coefficient (Wildman–Crippen LogP) is 1.79. The molecular formula is C6H9FO6. The Morgan fingerprint density at radius 1 is 1.08 bits per heavy atom. The van der Waals surface area contributed by atoms with Gasteiger partial charge in [-0.1, -0.05) is 6.58 Å². The zero-order valence-corrected chi connectivity index (χ0v) is 6.42. The molecule has 0 amide bonds. The molecule has 0 rings (SSSR count). The van der Waals surface area contributed by atoms with Crippen LogP contribution in [0.25, 0.3) is 0 Å². The number of halogens is 1. The fraction of sp³-hybridized carbons (Fsp3) is 0. The van der Waals surface area contributed by atoms with Crippen molar-refractivity contribution in [3.8, 4) is 12.8 Å². The Hall–Kier alpha value is -2.23. The van der Waals surface area contributed by atoms with Crippen LogP contribution in [0.15, 0.2) is 12.9 Å². The summed E-state index contributed by atoms with van der Waals surface area (Å²) in [6.45, 7) is 2.69. The first-order chi connectivity index (χ1) is 5.88. The van der Waals surface area contributed by atoms with E-state index >= 15 is 0 Å². The van der Waals surface area contributed by atoms with Crippen LogP contribution in [0.2, 0.25) is 0 Å². The third kappa shape index (κ3) is 119. The van der Waals surface area contributed by atoms with Crippen LogP contribution in [0, 0.1) is 12.8 Å². The van der Waals surface area contributed by atoms with Gasteiger partial charge in [-0.25, -0.2) is 14.0 Å². The van der Waals surface area contributed by atoms with Crippen molar-refractivity contribution in [3.05, 3.63) is 12.9 Å². The lowest BCUT2D eigenvalue weighted by Crippen LogP contribution is -1.81. The molecule has 0 heterocycles. The Kier molecular flexibility index (Phi) is 57.0. The Labute approximate surface area is 73.6 Å². The number of carbonyl (C=O) groups is 2. The monoisotopic (exact) mass is 196 g/mol. The van der Waals surface area contributed by atoms with Crippen molar-refractivity contribution in [3.63, 3.8) is 0 Å². The molecule has 76 valence electrons. The van der Waals surface area contributed by atoms with Gasteiger partial charge in [-0.15, -0.1) is 12.8 Å². The van der Waals surface area contributed by atoms with Gasteiger partial charge in [-0.3, -0.25) is 0 Å². The Bertz CT molecular complexity index is 132. The molecule has 0 aromatic heterocycles. The molecule has 6 nitrogen and oxygen atoms in total. The highest BCUT2D eigenvalue weighted by Gasteiger charge is 1.70. The van der Waals surface area contributed by atoms with Gasteiger partial charge < -0.3 is 20.4 Å². The molecule has 7 heteroatoms. The third-order valence-electron chi connectivity index (χ3n) is 0. The summed E-state index contributed by atoms with van der Waals surface area (Å²) in [5, 5.41) is 27.9. The Morgan fingerprint density at radius 2 is 1.08 bits per heavy atom. The third-order valence-corrected chi connectivity index (χ3v) is 0. The summed E-state index contributed by atoms with van der Waals surface area (Å²) in [7, 11) is 0. The van der Waals surface area contributed by atoms with E-state index in [0.717, 1.165) is 0 Å². The first-order valence-corrected chi connectivity index (χ1v) is 2.26. The van der Waals surface area contributed by atoms with Gasteiger partial charge >= 0.3 is 12.3 Å². The van der Waals surface area contributed by atoms with Gasteiger partial charge in [0.2, 0.25) is 0 Å². The molecule has 0 aromatic carbocycles. The molecule has 0 aliphatic carbocycles. The van der Waals surface area contributed by atoms with E-state index in [9.17, 15) is 4.39 Å². The molecule has 13 heavy (non-hydrogen) atoms. The lowest BCUT2D eigenvalue weighted by molar-refractivity contribution is 0.135. The summed E-state index contributed by atoms with van der Waals surface area (Å²) in [6, 6.07) is 0. The van der Waals surface area contributed by atoms with Crippen molar-refractivity contribution < 1.29 is 34.4 Å². The van der Waals surface area contributed by atoms with Crippen LogP contribution in [-0.4, -0.2) is 32.7 Å². The van der Waals surface area contributed by atoms with Crippen molar-refractivity contribution in [2.45, 2.75) is 0 Å². The van der Waals surface area contributed by atoms with Crippen LogP contribution < -0.4 is 0 Å². The highest BCUT2D eigenvalue weighted by Crippen LogP contribution is 1.48. The lowest BCUT2D eigenvalue weighted by Gasteiger charge is -1.60. The Balaban J connectivity index is -0.0000000431. The zero-order chi connectivity index (χ0) is 11.9. The van der Waals surface area contributed by atoms with Crippen molar-refractivity contribution in [2.75, 3.05) is 0 Å². The van der Waals surface area contributed by atoms with Gasteiger partial charge in [0.15, 0.2) is 0 Å². The summed E-state index contributed by atoms with van der Waals surface area (Å²) in [5.41, 5.74) is 0. The van der Waals surface area contributed by atoms with Crippen LogP contribution in [0.3, 0.4) is 0 Å². The molecule has 0 spiro atoms. The molecule has 0 fully saturated rings. The lowest BCUT2D eigenvalue weighted by atomic mass is 11.2. The topological polar surface area (TPSA) is 115 Å². The van der Waals surface area contributed by atoms with Crippen molar-refractivity contribution >= 4 is 12.3 Å². The predicted molar refractivity (Wildman–Crippen MR) is 42.5 cm³/mol.